The number of likely N-dealkylation sites (tertiary alicyclic amines) is 1. The molecule has 28 heavy (non-hydrogen) atoms. The van der Waals surface area contributed by atoms with Gasteiger partial charge in [-0.3, -0.25) is 9.69 Å². The van der Waals surface area contributed by atoms with Gasteiger partial charge in [-0.1, -0.05) is 42.5 Å². The van der Waals surface area contributed by atoms with Crippen LogP contribution in [0.15, 0.2) is 54.6 Å². The smallest absolute Gasteiger partial charge is 0.244 e. The van der Waals surface area contributed by atoms with Crippen molar-refractivity contribution >= 4 is 5.91 Å². The van der Waals surface area contributed by atoms with Gasteiger partial charge in [-0.15, -0.1) is 0 Å². The first-order valence-corrected chi connectivity index (χ1v) is 10.2. The van der Waals surface area contributed by atoms with Crippen molar-refractivity contribution in [1.29, 1.82) is 0 Å². The molecule has 2 aliphatic rings. The van der Waals surface area contributed by atoms with Crippen LogP contribution in [0.25, 0.3) is 0 Å². The third kappa shape index (κ3) is 4.26. The number of benzene rings is 2. The summed E-state index contributed by atoms with van der Waals surface area (Å²) in [7, 11) is 0. The van der Waals surface area contributed by atoms with Crippen LogP contribution < -0.4 is 0 Å². The van der Waals surface area contributed by atoms with E-state index in [4.69, 9.17) is 4.74 Å². The Hall–Kier alpha value is -2.24. The zero-order valence-corrected chi connectivity index (χ0v) is 16.1. The molecule has 0 N–H and O–H groups in total. The largest absolute Gasteiger partial charge is 0.371 e. The lowest BCUT2D eigenvalue weighted by atomic mass is 9.99. The predicted octanol–water partition coefficient (Wildman–Crippen LogP) is 3.95. The van der Waals surface area contributed by atoms with Crippen LogP contribution in [-0.2, 0) is 9.53 Å². The topological polar surface area (TPSA) is 32.8 Å². The maximum Gasteiger partial charge on any atom is 0.244 e. The van der Waals surface area contributed by atoms with E-state index in [1.165, 1.54) is 18.6 Å². The van der Waals surface area contributed by atoms with Gasteiger partial charge < -0.3 is 9.64 Å². The Morgan fingerprint density at radius 2 is 1.68 bits per heavy atom. The summed E-state index contributed by atoms with van der Waals surface area (Å²) in [5.74, 6) is -0.0653. The summed E-state index contributed by atoms with van der Waals surface area (Å²) in [6.07, 6.45) is 3.20. The van der Waals surface area contributed by atoms with Gasteiger partial charge in [0.2, 0.25) is 5.91 Å². The number of hydrogen-bond acceptors (Lipinski definition) is 3. The summed E-state index contributed by atoms with van der Waals surface area (Å²) < 4.78 is 19.2. The van der Waals surface area contributed by atoms with Crippen molar-refractivity contribution in [2.45, 2.75) is 31.4 Å². The van der Waals surface area contributed by atoms with Crippen molar-refractivity contribution in [3.05, 3.63) is 71.5 Å². The van der Waals surface area contributed by atoms with E-state index < -0.39 is 0 Å². The third-order valence-electron chi connectivity index (χ3n) is 5.72. The highest BCUT2D eigenvalue weighted by molar-refractivity contribution is 5.83. The molecule has 2 aromatic carbocycles. The molecule has 2 aliphatic heterocycles. The molecule has 5 heteroatoms. The number of carbonyl (C=O) groups excluding carboxylic acids is 1. The van der Waals surface area contributed by atoms with E-state index in [1.807, 2.05) is 35.2 Å². The Morgan fingerprint density at radius 3 is 2.39 bits per heavy atom. The molecule has 2 heterocycles. The Bertz CT molecular complexity index is 775. The fourth-order valence-electron chi connectivity index (χ4n) is 4.21. The number of halogens is 1. The Labute approximate surface area is 165 Å². The highest BCUT2D eigenvalue weighted by Crippen LogP contribution is 2.31. The zero-order chi connectivity index (χ0) is 19.3. The van der Waals surface area contributed by atoms with Crippen molar-refractivity contribution in [2.24, 2.45) is 0 Å². The van der Waals surface area contributed by atoms with Gasteiger partial charge in [-0.05, 0) is 42.5 Å². The van der Waals surface area contributed by atoms with E-state index in [0.29, 0.717) is 19.7 Å². The summed E-state index contributed by atoms with van der Waals surface area (Å²) in [6, 6.07) is 16.2. The monoisotopic (exact) mass is 382 g/mol. The number of ether oxygens (including phenoxy) is 1. The molecule has 2 unspecified atom stereocenters. The Morgan fingerprint density at radius 1 is 0.964 bits per heavy atom. The second-order valence-corrected chi connectivity index (χ2v) is 7.61. The maximum absolute atomic E-state index is 13.5. The van der Waals surface area contributed by atoms with Gasteiger partial charge in [0.05, 0.1) is 12.7 Å². The van der Waals surface area contributed by atoms with Gasteiger partial charge in [-0.25, -0.2) is 4.39 Å². The quantitative estimate of drug-likeness (QED) is 0.803. The highest BCUT2D eigenvalue weighted by atomic mass is 19.1. The van der Waals surface area contributed by atoms with Gasteiger partial charge >= 0.3 is 0 Å². The van der Waals surface area contributed by atoms with Gasteiger partial charge in [0, 0.05) is 26.2 Å². The molecule has 0 aliphatic carbocycles. The van der Waals surface area contributed by atoms with Gasteiger partial charge in [0.1, 0.15) is 11.9 Å². The Balaban J connectivity index is 1.58. The average Bonchev–Trinajstić information content (AvgIpc) is 2.76. The van der Waals surface area contributed by atoms with Crippen LogP contribution in [0.1, 0.15) is 42.5 Å². The van der Waals surface area contributed by atoms with E-state index >= 15 is 0 Å². The van der Waals surface area contributed by atoms with Crippen LogP contribution in [-0.4, -0.2) is 48.5 Å². The average molecular weight is 382 g/mol. The first kappa shape index (κ1) is 19.1. The molecule has 0 bridgehead atoms. The van der Waals surface area contributed by atoms with Gasteiger partial charge in [0.15, 0.2) is 0 Å². The van der Waals surface area contributed by atoms with Crippen LogP contribution in [0.2, 0.25) is 0 Å². The minimum Gasteiger partial charge on any atom is -0.371 e. The van der Waals surface area contributed by atoms with Crippen molar-refractivity contribution in [1.82, 2.24) is 9.80 Å². The molecule has 4 rings (SSSR count). The minimum atomic E-state index is -0.300. The maximum atomic E-state index is 13.5. The Kier molecular flexibility index (Phi) is 6.03. The normalized spacial score (nSPS) is 22.0. The summed E-state index contributed by atoms with van der Waals surface area (Å²) in [4.78, 5) is 17.7. The van der Waals surface area contributed by atoms with Gasteiger partial charge in [0.25, 0.3) is 0 Å². The SMILES string of the molecule is O=C(C(c1ccccc1)N1CCOC(c2ccc(F)cc2)C1)N1CCCCC1. The molecule has 0 saturated carbocycles. The second-order valence-electron chi connectivity index (χ2n) is 7.61. The second kappa shape index (κ2) is 8.84. The molecule has 0 spiro atoms. The molecule has 0 aromatic heterocycles. The number of nitrogens with zero attached hydrogens (tertiary/aromatic N) is 2. The predicted molar refractivity (Wildman–Crippen MR) is 106 cm³/mol. The van der Waals surface area contributed by atoms with E-state index in [1.54, 1.807) is 12.1 Å². The number of amides is 1. The molecule has 2 saturated heterocycles. The fraction of sp³-hybridized carbons (Fsp3) is 0.435. The summed E-state index contributed by atoms with van der Waals surface area (Å²) >= 11 is 0. The van der Waals surface area contributed by atoms with E-state index in [2.05, 4.69) is 4.90 Å². The number of hydrogen-bond donors (Lipinski definition) is 0. The number of morpholine rings is 1. The molecule has 2 fully saturated rings. The minimum absolute atomic E-state index is 0.158. The molecular formula is C23H27FN2O2. The first-order chi connectivity index (χ1) is 13.7. The lowest BCUT2D eigenvalue weighted by Crippen LogP contribution is -2.49. The lowest BCUT2D eigenvalue weighted by molar-refractivity contribution is -0.142. The van der Waals surface area contributed by atoms with Crippen molar-refractivity contribution < 1.29 is 13.9 Å². The van der Waals surface area contributed by atoms with E-state index in [-0.39, 0.29) is 23.9 Å². The number of rotatable bonds is 4. The molecule has 4 nitrogen and oxygen atoms in total. The summed E-state index contributed by atoms with van der Waals surface area (Å²) in [5.41, 5.74) is 1.97. The zero-order valence-electron chi connectivity index (χ0n) is 16.1. The van der Waals surface area contributed by atoms with Crippen LogP contribution in [0.3, 0.4) is 0 Å². The fourth-order valence-corrected chi connectivity index (χ4v) is 4.21. The molecular weight excluding hydrogens is 355 g/mol. The number of piperidine rings is 1. The molecule has 1 amide bonds. The van der Waals surface area contributed by atoms with E-state index in [0.717, 1.165) is 37.1 Å². The summed E-state index contributed by atoms with van der Waals surface area (Å²) in [6.45, 7) is 3.56. The van der Waals surface area contributed by atoms with Crippen molar-refractivity contribution in [3.63, 3.8) is 0 Å². The first-order valence-electron chi connectivity index (χ1n) is 10.2. The lowest BCUT2D eigenvalue weighted by Gasteiger charge is -2.40. The van der Waals surface area contributed by atoms with Crippen LogP contribution in [0.5, 0.6) is 0 Å². The van der Waals surface area contributed by atoms with Crippen LogP contribution in [0.4, 0.5) is 4.39 Å². The molecule has 2 atom stereocenters. The molecule has 0 radical (unpaired) electrons. The molecule has 2 aromatic rings. The van der Waals surface area contributed by atoms with Crippen molar-refractivity contribution in [3.8, 4) is 0 Å². The van der Waals surface area contributed by atoms with Crippen LogP contribution in [0, 0.1) is 5.82 Å². The third-order valence-corrected chi connectivity index (χ3v) is 5.72. The van der Waals surface area contributed by atoms with Crippen molar-refractivity contribution in [2.75, 3.05) is 32.8 Å². The molecule has 148 valence electrons. The summed E-state index contributed by atoms with van der Waals surface area (Å²) in [5, 5.41) is 0. The van der Waals surface area contributed by atoms with Crippen LogP contribution >= 0.6 is 0 Å². The van der Waals surface area contributed by atoms with E-state index in [9.17, 15) is 9.18 Å². The van der Waals surface area contributed by atoms with Gasteiger partial charge in [-0.2, -0.15) is 0 Å². The standard InChI is InChI=1S/C23H27FN2O2/c24-20-11-9-18(10-12-20)21-17-26(15-16-28-21)22(19-7-3-1-4-8-19)23(27)25-13-5-2-6-14-25/h1,3-4,7-12,21-22H,2,5-6,13-17H2. The highest BCUT2D eigenvalue weighted by Gasteiger charge is 2.35. The number of carbonyl (C=O) groups is 1.